The van der Waals surface area contributed by atoms with Crippen LogP contribution in [0.3, 0.4) is 0 Å². The van der Waals surface area contributed by atoms with Crippen LogP contribution in [-0.4, -0.2) is 25.8 Å². The summed E-state index contributed by atoms with van der Waals surface area (Å²) in [6.45, 7) is 11.7. The monoisotopic (exact) mass is 263 g/mol. The molecule has 1 aromatic rings. The minimum Gasteiger partial charge on any atom is -0.376 e. The van der Waals surface area contributed by atoms with Gasteiger partial charge in [0.1, 0.15) is 0 Å². The van der Waals surface area contributed by atoms with Gasteiger partial charge < -0.3 is 10.1 Å². The van der Waals surface area contributed by atoms with E-state index in [4.69, 9.17) is 4.74 Å². The summed E-state index contributed by atoms with van der Waals surface area (Å²) in [5.41, 5.74) is 2.82. The third kappa shape index (κ3) is 4.96. The van der Waals surface area contributed by atoms with E-state index in [1.165, 1.54) is 11.1 Å². The van der Waals surface area contributed by atoms with E-state index in [1.54, 1.807) is 0 Å². The zero-order valence-corrected chi connectivity index (χ0v) is 13.3. The summed E-state index contributed by atoms with van der Waals surface area (Å²) in [6, 6.07) is 9.06. The lowest BCUT2D eigenvalue weighted by Crippen LogP contribution is -2.48. The highest BCUT2D eigenvalue weighted by Gasteiger charge is 2.32. The lowest BCUT2D eigenvalue weighted by Gasteiger charge is -2.37. The van der Waals surface area contributed by atoms with Crippen molar-refractivity contribution in [3.63, 3.8) is 0 Å². The molecule has 0 amide bonds. The van der Waals surface area contributed by atoms with Crippen LogP contribution in [0, 0.1) is 12.3 Å². The molecule has 0 radical (unpaired) electrons. The summed E-state index contributed by atoms with van der Waals surface area (Å²) in [5.74, 6) is 0. The van der Waals surface area contributed by atoms with Gasteiger partial charge in [0.25, 0.3) is 0 Å². The second kappa shape index (κ2) is 7.06. The molecule has 0 saturated carbocycles. The maximum absolute atomic E-state index is 6.00. The number of hydrogen-bond acceptors (Lipinski definition) is 2. The van der Waals surface area contributed by atoms with Gasteiger partial charge in [-0.3, -0.25) is 0 Å². The largest absolute Gasteiger partial charge is 0.376 e. The van der Waals surface area contributed by atoms with E-state index >= 15 is 0 Å². The number of rotatable bonds is 6. The predicted octanol–water partition coefficient (Wildman–Crippen LogP) is 3.58. The SMILES string of the molecule is CCOC(C(Cc1cccc(C)c1)NC)C(C)(C)C. The molecule has 2 unspecified atom stereocenters. The molecule has 1 rings (SSSR count). The molecule has 0 spiro atoms. The molecule has 2 nitrogen and oxygen atoms in total. The van der Waals surface area contributed by atoms with Gasteiger partial charge in [-0.25, -0.2) is 0 Å². The normalized spacial score (nSPS) is 15.3. The average molecular weight is 263 g/mol. The van der Waals surface area contributed by atoms with Crippen molar-refractivity contribution in [2.75, 3.05) is 13.7 Å². The third-order valence-corrected chi connectivity index (χ3v) is 3.47. The number of aryl methyl sites for hydroxylation is 1. The van der Waals surface area contributed by atoms with Crippen LogP contribution in [0.5, 0.6) is 0 Å². The van der Waals surface area contributed by atoms with Gasteiger partial charge in [-0.05, 0) is 38.3 Å². The number of ether oxygens (including phenoxy) is 1. The predicted molar refractivity (Wildman–Crippen MR) is 82.6 cm³/mol. The Bertz CT molecular complexity index is 381. The minimum absolute atomic E-state index is 0.132. The number of hydrogen-bond donors (Lipinski definition) is 1. The first-order valence-corrected chi connectivity index (χ1v) is 7.23. The van der Waals surface area contributed by atoms with Crippen LogP contribution >= 0.6 is 0 Å². The molecule has 1 aromatic carbocycles. The topological polar surface area (TPSA) is 21.3 Å². The lowest BCUT2D eigenvalue weighted by atomic mass is 9.82. The fourth-order valence-electron chi connectivity index (χ4n) is 2.60. The van der Waals surface area contributed by atoms with Crippen molar-refractivity contribution in [2.24, 2.45) is 5.41 Å². The molecule has 0 aromatic heterocycles. The van der Waals surface area contributed by atoms with Gasteiger partial charge in [-0.2, -0.15) is 0 Å². The van der Waals surface area contributed by atoms with Gasteiger partial charge in [-0.15, -0.1) is 0 Å². The Morgan fingerprint density at radius 3 is 2.42 bits per heavy atom. The first-order valence-electron chi connectivity index (χ1n) is 7.23. The molecule has 108 valence electrons. The fraction of sp³-hybridized carbons (Fsp3) is 0.647. The third-order valence-electron chi connectivity index (χ3n) is 3.47. The van der Waals surface area contributed by atoms with Crippen molar-refractivity contribution in [3.8, 4) is 0 Å². The van der Waals surface area contributed by atoms with Gasteiger partial charge in [0.2, 0.25) is 0 Å². The highest BCUT2D eigenvalue weighted by molar-refractivity contribution is 5.23. The van der Waals surface area contributed by atoms with Crippen molar-refractivity contribution in [2.45, 2.75) is 53.2 Å². The van der Waals surface area contributed by atoms with Crippen molar-refractivity contribution in [1.29, 1.82) is 0 Å². The van der Waals surface area contributed by atoms with Crippen molar-refractivity contribution >= 4 is 0 Å². The zero-order chi connectivity index (χ0) is 14.5. The molecule has 0 aliphatic heterocycles. The number of benzene rings is 1. The molecule has 0 bridgehead atoms. The Kier molecular flexibility index (Phi) is 6.02. The number of likely N-dealkylation sites (N-methyl/N-ethyl adjacent to an activating group) is 1. The molecule has 0 fully saturated rings. The van der Waals surface area contributed by atoms with E-state index in [0.717, 1.165) is 13.0 Å². The maximum Gasteiger partial charge on any atom is 0.0779 e. The van der Waals surface area contributed by atoms with E-state index in [1.807, 2.05) is 7.05 Å². The van der Waals surface area contributed by atoms with E-state index in [-0.39, 0.29) is 11.5 Å². The average Bonchev–Trinajstić information content (AvgIpc) is 2.32. The Balaban J connectivity index is 2.86. The van der Waals surface area contributed by atoms with Crippen molar-refractivity contribution in [3.05, 3.63) is 35.4 Å². The lowest BCUT2D eigenvalue weighted by molar-refractivity contribution is -0.0340. The highest BCUT2D eigenvalue weighted by atomic mass is 16.5. The van der Waals surface area contributed by atoms with Crippen LogP contribution in [0.15, 0.2) is 24.3 Å². The summed E-state index contributed by atoms with van der Waals surface area (Å²) in [7, 11) is 2.03. The van der Waals surface area contributed by atoms with Gasteiger partial charge in [0.15, 0.2) is 0 Å². The fourth-order valence-corrected chi connectivity index (χ4v) is 2.60. The molecular formula is C17H29NO. The first-order chi connectivity index (χ1) is 8.88. The van der Waals surface area contributed by atoms with E-state index in [9.17, 15) is 0 Å². The molecule has 2 heteroatoms. The first kappa shape index (κ1) is 16.2. The summed E-state index contributed by atoms with van der Waals surface area (Å²) >= 11 is 0. The van der Waals surface area contributed by atoms with Crippen LogP contribution in [0.2, 0.25) is 0 Å². The van der Waals surface area contributed by atoms with Crippen molar-refractivity contribution < 1.29 is 4.74 Å². The van der Waals surface area contributed by atoms with Crippen LogP contribution in [0.25, 0.3) is 0 Å². The molecule has 1 N–H and O–H groups in total. The summed E-state index contributed by atoms with van der Waals surface area (Å²) in [5, 5.41) is 3.44. The molecule has 0 saturated heterocycles. The Morgan fingerprint density at radius 2 is 1.95 bits per heavy atom. The quantitative estimate of drug-likeness (QED) is 0.847. The van der Waals surface area contributed by atoms with E-state index in [2.05, 4.69) is 64.2 Å². The zero-order valence-electron chi connectivity index (χ0n) is 13.3. The minimum atomic E-state index is 0.132. The molecule has 2 atom stereocenters. The van der Waals surface area contributed by atoms with Crippen LogP contribution in [-0.2, 0) is 11.2 Å². The van der Waals surface area contributed by atoms with Crippen LogP contribution in [0.1, 0.15) is 38.8 Å². The van der Waals surface area contributed by atoms with Crippen LogP contribution < -0.4 is 5.32 Å². The van der Waals surface area contributed by atoms with E-state index < -0.39 is 0 Å². The molecule has 0 aliphatic carbocycles. The Morgan fingerprint density at radius 1 is 1.26 bits per heavy atom. The second-order valence-corrected chi connectivity index (χ2v) is 6.33. The Hall–Kier alpha value is -0.860. The smallest absolute Gasteiger partial charge is 0.0779 e. The van der Waals surface area contributed by atoms with Crippen LogP contribution in [0.4, 0.5) is 0 Å². The molecule has 0 heterocycles. The Labute approximate surface area is 118 Å². The number of nitrogens with one attached hydrogen (secondary N) is 1. The summed E-state index contributed by atoms with van der Waals surface area (Å²) in [4.78, 5) is 0. The molecule has 0 aliphatic rings. The highest BCUT2D eigenvalue weighted by Crippen LogP contribution is 2.26. The van der Waals surface area contributed by atoms with Gasteiger partial charge in [0.05, 0.1) is 6.10 Å². The molecular weight excluding hydrogens is 234 g/mol. The van der Waals surface area contributed by atoms with Crippen molar-refractivity contribution in [1.82, 2.24) is 5.32 Å². The second-order valence-electron chi connectivity index (χ2n) is 6.33. The van der Waals surface area contributed by atoms with Gasteiger partial charge in [-0.1, -0.05) is 50.6 Å². The summed E-state index contributed by atoms with van der Waals surface area (Å²) < 4.78 is 6.00. The molecule has 19 heavy (non-hydrogen) atoms. The van der Waals surface area contributed by atoms with Gasteiger partial charge in [0, 0.05) is 12.6 Å². The van der Waals surface area contributed by atoms with Gasteiger partial charge >= 0.3 is 0 Å². The maximum atomic E-state index is 6.00. The standard InChI is InChI=1S/C17H29NO/c1-7-19-16(17(3,4)5)15(18-6)12-14-10-8-9-13(2)11-14/h8-11,15-16,18H,7,12H2,1-6H3. The summed E-state index contributed by atoms with van der Waals surface area (Å²) in [6.07, 6.45) is 1.21. The van der Waals surface area contributed by atoms with E-state index in [0.29, 0.717) is 6.04 Å².